The van der Waals surface area contributed by atoms with Crippen LogP contribution in [0.15, 0.2) is 12.3 Å². The lowest BCUT2D eigenvalue weighted by molar-refractivity contribution is 0.0904. The largest absolute Gasteiger partial charge is 0.381 e. The van der Waals surface area contributed by atoms with Gasteiger partial charge >= 0.3 is 0 Å². The maximum atomic E-state index is 5.48. The third-order valence-corrected chi connectivity index (χ3v) is 6.10. The van der Waals surface area contributed by atoms with E-state index in [1.54, 1.807) is 0 Å². The predicted molar refractivity (Wildman–Crippen MR) is 102 cm³/mol. The summed E-state index contributed by atoms with van der Waals surface area (Å²) in [5.41, 5.74) is 2.16. The lowest BCUT2D eigenvalue weighted by Crippen LogP contribution is -2.28. The van der Waals surface area contributed by atoms with Gasteiger partial charge in [-0.05, 0) is 30.6 Å². The molecular formula is C19H28N6O. The van der Waals surface area contributed by atoms with Crippen LogP contribution in [-0.4, -0.2) is 53.0 Å². The lowest BCUT2D eigenvalue weighted by atomic mass is 10.1. The van der Waals surface area contributed by atoms with Gasteiger partial charge in [-0.2, -0.15) is 9.61 Å². The van der Waals surface area contributed by atoms with Crippen molar-refractivity contribution in [1.82, 2.24) is 19.9 Å². The van der Waals surface area contributed by atoms with E-state index in [0.717, 1.165) is 68.3 Å². The van der Waals surface area contributed by atoms with Gasteiger partial charge in [0.15, 0.2) is 5.65 Å². The Morgan fingerprint density at radius 3 is 2.69 bits per heavy atom. The number of anilines is 2. The lowest BCUT2D eigenvalue weighted by Gasteiger charge is -2.24. The van der Waals surface area contributed by atoms with Crippen molar-refractivity contribution in [3.63, 3.8) is 0 Å². The van der Waals surface area contributed by atoms with Gasteiger partial charge in [0.2, 0.25) is 0 Å². The summed E-state index contributed by atoms with van der Waals surface area (Å²) >= 11 is 0. The Bertz CT molecular complexity index is 787. The van der Waals surface area contributed by atoms with E-state index < -0.39 is 0 Å². The first-order chi connectivity index (χ1) is 12.7. The zero-order valence-corrected chi connectivity index (χ0v) is 15.5. The first-order valence-electron chi connectivity index (χ1n) is 9.91. The average molecular weight is 356 g/mol. The zero-order valence-electron chi connectivity index (χ0n) is 15.5. The van der Waals surface area contributed by atoms with Gasteiger partial charge in [0.05, 0.1) is 6.20 Å². The van der Waals surface area contributed by atoms with Gasteiger partial charge in [0, 0.05) is 50.0 Å². The summed E-state index contributed by atoms with van der Waals surface area (Å²) in [6.07, 6.45) is 4.03. The molecule has 2 atom stereocenters. The van der Waals surface area contributed by atoms with Crippen LogP contribution in [0.1, 0.15) is 38.2 Å². The highest BCUT2D eigenvalue weighted by Gasteiger charge is 2.53. The summed E-state index contributed by atoms with van der Waals surface area (Å²) in [5, 5.41) is 15.5. The molecule has 3 fully saturated rings. The van der Waals surface area contributed by atoms with E-state index in [-0.39, 0.29) is 0 Å². The van der Waals surface area contributed by atoms with Crippen molar-refractivity contribution in [3.05, 3.63) is 17.8 Å². The molecule has 3 aliphatic rings. The zero-order chi connectivity index (χ0) is 17.7. The minimum absolute atomic E-state index is 0.399. The second kappa shape index (κ2) is 6.39. The second-order valence-corrected chi connectivity index (χ2v) is 8.20. The number of ether oxygens (including phenoxy) is 1. The quantitative estimate of drug-likeness (QED) is 0.762. The van der Waals surface area contributed by atoms with Crippen LogP contribution in [-0.2, 0) is 4.74 Å². The van der Waals surface area contributed by atoms with Crippen LogP contribution in [0.5, 0.6) is 0 Å². The summed E-state index contributed by atoms with van der Waals surface area (Å²) in [6, 6.07) is 3.12. The number of fused-ring (bicyclic) bond motifs is 2. The third kappa shape index (κ3) is 2.83. The molecule has 2 aliphatic heterocycles. The molecule has 7 heteroatoms. The first-order valence-corrected chi connectivity index (χ1v) is 9.91. The van der Waals surface area contributed by atoms with Gasteiger partial charge in [-0.25, -0.2) is 4.98 Å². The van der Waals surface area contributed by atoms with Gasteiger partial charge in [-0.15, -0.1) is 0 Å². The van der Waals surface area contributed by atoms with Gasteiger partial charge in [-0.3, -0.25) is 0 Å². The molecule has 140 valence electrons. The summed E-state index contributed by atoms with van der Waals surface area (Å²) in [5.74, 6) is 3.90. The van der Waals surface area contributed by atoms with Crippen molar-refractivity contribution in [2.45, 2.75) is 44.7 Å². The Kier molecular flexibility index (Phi) is 4.01. The molecule has 0 bridgehead atoms. The normalized spacial score (nSPS) is 28.5. The fourth-order valence-electron chi connectivity index (χ4n) is 4.42. The highest BCUT2D eigenvalue weighted by Crippen LogP contribution is 2.44. The summed E-state index contributed by atoms with van der Waals surface area (Å²) < 4.78 is 7.46. The molecule has 1 saturated carbocycles. The van der Waals surface area contributed by atoms with Gasteiger partial charge in [-0.1, -0.05) is 13.8 Å². The molecule has 0 aromatic carbocycles. The van der Waals surface area contributed by atoms with Crippen LogP contribution < -0.4 is 16.0 Å². The molecule has 2 saturated heterocycles. The van der Waals surface area contributed by atoms with Crippen molar-refractivity contribution in [2.75, 3.05) is 36.9 Å². The Labute approximate surface area is 153 Å². The molecular weight excluding hydrogens is 328 g/mol. The third-order valence-electron chi connectivity index (χ3n) is 6.10. The van der Waals surface area contributed by atoms with Crippen LogP contribution in [0.25, 0.3) is 5.65 Å². The van der Waals surface area contributed by atoms with E-state index in [0.29, 0.717) is 18.0 Å². The van der Waals surface area contributed by atoms with Crippen LogP contribution in [0, 0.1) is 11.8 Å². The van der Waals surface area contributed by atoms with Crippen molar-refractivity contribution in [3.8, 4) is 0 Å². The van der Waals surface area contributed by atoms with E-state index in [1.807, 2.05) is 10.7 Å². The number of hydrogen-bond acceptors (Lipinski definition) is 6. The summed E-state index contributed by atoms with van der Waals surface area (Å²) in [4.78, 5) is 4.91. The fourth-order valence-corrected chi connectivity index (χ4v) is 4.42. The smallest absolute Gasteiger partial charge is 0.163 e. The Morgan fingerprint density at radius 1 is 1.19 bits per heavy atom. The van der Waals surface area contributed by atoms with Gasteiger partial charge in [0.1, 0.15) is 11.6 Å². The van der Waals surface area contributed by atoms with E-state index in [2.05, 4.69) is 41.0 Å². The van der Waals surface area contributed by atoms with Crippen LogP contribution in [0.4, 0.5) is 11.6 Å². The van der Waals surface area contributed by atoms with Gasteiger partial charge < -0.3 is 20.7 Å². The highest BCUT2D eigenvalue weighted by atomic mass is 16.5. The Balaban J connectivity index is 1.47. The molecule has 26 heavy (non-hydrogen) atoms. The molecule has 7 nitrogen and oxygen atoms in total. The number of nitrogens with zero attached hydrogens (tertiary/aromatic N) is 3. The summed E-state index contributed by atoms with van der Waals surface area (Å²) in [7, 11) is 0. The maximum Gasteiger partial charge on any atom is 0.163 e. The molecule has 2 unspecified atom stereocenters. The predicted octanol–water partition coefficient (Wildman–Crippen LogP) is 2.07. The molecule has 0 radical (unpaired) electrons. The summed E-state index contributed by atoms with van der Waals surface area (Å²) in [6.45, 7) is 8.30. The molecule has 0 amide bonds. The number of hydrogen-bond donors (Lipinski definition) is 3. The second-order valence-electron chi connectivity index (χ2n) is 8.20. The highest BCUT2D eigenvalue weighted by molar-refractivity contribution is 5.61. The number of nitrogens with one attached hydrogen (secondary N) is 3. The van der Waals surface area contributed by atoms with E-state index in [1.165, 1.54) is 5.56 Å². The van der Waals surface area contributed by atoms with Crippen LogP contribution in [0.2, 0.25) is 0 Å². The molecule has 2 aromatic heterocycles. The fraction of sp³-hybridized carbons (Fsp3) is 0.684. The molecule has 0 spiro atoms. The van der Waals surface area contributed by atoms with Gasteiger partial charge in [0.25, 0.3) is 0 Å². The Morgan fingerprint density at radius 2 is 1.96 bits per heavy atom. The minimum atomic E-state index is 0.399. The monoisotopic (exact) mass is 356 g/mol. The van der Waals surface area contributed by atoms with Crippen molar-refractivity contribution >= 4 is 17.3 Å². The van der Waals surface area contributed by atoms with Crippen molar-refractivity contribution in [1.29, 1.82) is 0 Å². The molecule has 1 aliphatic carbocycles. The van der Waals surface area contributed by atoms with E-state index in [9.17, 15) is 0 Å². The Hall–Kier alpha value is -1.86. The maximum absolute atomic E-state index is 5.48. The number of piperidine rings is 1. The molecule has 3 N–H and O–H groups in total. The van der Waals surface area contributed by atoms with Crippen LogP contribution >= 0.6 is 0 Å². The number of aromatic nitrogens is 3. The standard InChI is InChI=1S/C19H28N6O/c1-11(2)13-10-21-25-17(24-18-14-8-20-9-15(14)18)7-16(23-19(13)25)22-12-3-5-26-6-4-12/h7,10-12,14-15,18,20,24H,3-6,8-9H2,1-2H3,(H,22,23). The first kappa shape index (κ1) is 16.3. The van der Waals surface area contributed by atoms with Crippen molar-refractivity contribution in [2.24, 2.45) is 11.8 Å². The number of rotatable bonds is 5. The van der Waals surface area contributed by atoms with Crippen LogP contribution in [0.3, 0.4) is 0 Å². The molecule has 2 aromatic rings. The van der Waals surface area contributed by atoms with E-state index >= 15 is 0 Å². The topological polar surface area (TPSA) is 75.5 Å². The van der Waals surface area contributed by atoms with Crippen molar-refractivity contribution < 1.29 is 4.74 Å². The SMILES string of the molecule is CC(C)c1cnn2c(NC3C4CNCC43)cc(NC3CCOCC3)nc12. The molecule has 4 heterocycles. The minimum Gasteiger partial charge on any atom is -0.381 e. The average Bonchev–Trinajstić information content (AvgIpc) is 3.02. The van der Waals surface area contributed by atoms with E-state index in [4.69, 9.17) is 9.72 Å². The molecule has 5 rings (SSSR count).